The van der Waals surface area contributed by atoms with Crippen LogP contribution < -0.4 is 4.74 Å². The molecule has 5 nitrogen and oxygen atoms in total. The van der Waals surface area contributed by atoms with Gasteiger partial charge in [-0.2, -0.15) is 0 Å². The number of unbranched alkanes of at least 4 members (excludes halogenated alkanes) is 10. The molecule has 1 radical (unpaired) electrons. The Balaban J connectivity index is 1.42. The molecule has 2 atom stereocenters. The molecule has 0 aromatic heterocycles. The average molecular weight is 509 g/mol. The van der Waals surface area contributed by atoms with Crippen molar-refractivity contribution in [1.29, 1.82) is 0 Å². The molecule has 0 bridgehead atoms. The molecule has 1 aliphatic heterocycles. The molecular formula is C32H46NO4. The maximum absolute atomic E-state index is 13.6. The van der Waals surface area contributed by atoms with Crippen LogP contribution in [0.25, 0.3) is 0 Å². The maximum Gasteiger partial charge on any atom is 0.335 e. The summed E-state index contributed by atoms with van der Waals surface area (Å²) in [4.78, 5) is 11.2. The molecule has 0 saturated carbocycles. The second-order valence-corrected chi connectivity index (χ2v) is 11.1. The largest absolute Gasteiger partial charge is 0.494 e. The van der Waals surface area contributed by atoms with Gasteiger partial charge in [0.05, 0.1) is 23.2 Å². The third-order valence-electron chi connectivity index (χ3n) is 8.24. The van der Waals surface area contributed by atoms with Gasteiger partial charge >= 0.3 is 5.97 Å². The van der Waals surface area contributed by atoms with Crippen LogP contribution in [0, 0.1) is 0 Å². The fraction of sp³-hybridized carbons (Fsp3) is 0.594. The quantitative estimate of drug-likeness (QED) is 0.230. The summed E-state index contributed by atoms with van der Waals surface area (Å²) in [7, 11) is 0. The Morgan fingerprint density at radius 1 is 0.757 bits per heavy atom. The van der Waals surface area contributed by atoms with Crippen LogP contribution in [0.2, 0.25) is 0 Å². The van der Waals surface area contributed by atoms with Gasteiger partial charge in [0.2, 0.25) is 0 Å². The fourth-order valence-electron chi connectivity index (χ4n) is 5.60. The number of hydrogen-bond donors (Lipinski definition) is 1. The molecule has 0 aliphatic carbocycles. The molecule has 37 heavy (non-hydrogen) atoms. The third kappa shape index (κ3) is 7.58. The lowest BCUT2D eigenvalue weighted by Crippen LogP contribution is -2.44. The van der Waals surface area contributed by atoms with Crippen molar-refractivity contribution in [2.75, 3.05) is 6.61 Å². The summed E-state index contributed by atoms with van der Waals surface area (Å²) < 4.78 is 5.97. The van der Waals surface area contributed by atoms with Gasteiger partial charge in [-0.05, 0) is 68.5 Å². The molecule has 0 amide bonds. The molecule has 5 heteroatoms. The third-order valence-corrected chi connectivity index (χ3v) is 8.24. The Hall–Kier alpha value is -2.37. The summed E-state index contributed by atoms with van der Waals surface area (Å²) in [6, 6.07) is 14.7. The molecule has 1 aliphatic rings. The van der Waals surface area contributed by atoms with Gasteiger partial charge in [-0.1, -0.05) is 95.4 Å². The van der Waals surface area contributed by atoms with E-state index in [1.165, 1.54) is 69.3 Å². The van der Waals surface area contributed by atoms with Crippen LogP contribution in [0.5, 0.6) is 5.75 Å². The van der Waals surface area contributed by atoms with Crippen molar-refractivity contribution in [2.45, 2.75) is 115 Å². The lowest BCUT2D eigenvalue weighted by Gasteiger charge is -2.37. The highest BCUT2D eigenvalue weighted by atomic mass is 16.5. The molecular weight excluding hydrogens is 462 g/mol. The van der Waals surface area contributed by atoms with E-state index in [0.717, 1.165) is 36.3 Å². The minimum absolute atomic E-state index is 0.231. The van der Waals surface area contributed by atoms with Crippen LogP contribution in [0.15, 0.2) is 48.5 Å². The SMILES string of the molecule is CCCCCCCCCCCCCOc1ccc([C@@]2(C)CC[C@](C)(c3ccc(C(=O)O)cc3)N2[O])cc1. The van der Waals surface area contributed by atoms with E-state index in [2.05, 4.69) is 6.92 Å². The first-order valence-electron chi connectivity index (χ1n) is 14.4. The summed E-state index contributed by atoms with van der Waals surface area (Å²) in [6.07, 6.45) is 15.9. The Bertz CT molecular complexity index is 958. The first-order valence-corrected chi connectivity index (χ1v) is 14.4. The predicted octanol–water partition coefficient (Wildman–Crippen LogP) is 8.65. The number of benzene rings is 2. The molecule has 1 N–H and O–H groups in total. The first kappa shape index (κ1) is 29.2. The van der Waals surface area contributed by atoms with Crippen LogP contribution in [0.4, 0.5) is 0 Å². The number of rotatable bonds is 16. The monoisotopic (exact) mass is 508 g/mol. The van der Waals surface area contributed by atoms with E-state index < -0.39 is 17.0 Å². The molecule has 1 fully saturated rings. The maximum atomic E-state index is 13.6. The molecule has 2 aromatic carbocycles. The Kier molecular flexibility index (Phi) is 11.0. The zero-order chi connectivity index (χ0) is 26.7. The van der Waals surface area contributed by atoms with Gasteiger partial charge in [-0.15, -0.1) is 10.3 Å². The molecule has 1 heterocycles. The van der Waals surface area contributed by atoms with E-state index in [1.54, 1.807) is 24.3 Å². The number of carbonyl (C=O) groups is 1. The van der Waals surface area contributed by atoms with Crippen LogP contribution in [0.3, 0.4) is 0 Å². The average Bonchev–Trinajstić information content (AvgIpc) is 3.15. The van der Waals surface area contributed by atoms with E-state index in [1.807, 2.05) is 38.1 Å². The van der Waals surface area contributed by atoms with Crippen molar-refractivity contribution in [3.05, 3.63) is 65.2 Å². The van der Waals surface area contributed by atoms with Gasteiger partial charge in [0.1, 0.15) is 5.75 Å². The summed E-state index contributed by atoms with van der Waals surface area (Å²) in [5.41, 5.74) is 0.720. The number of carboxylic acids is 1. The van der Waals surface area contributed by atoms with Crippen LogP contribution in [0.1, 0.15) is 126 Å². The molecule has 1 saturated heterocycles. The Morgan fingerprint density at radius 3 is 1.65 bits per heavy atom. The van der Waals surface area contributed by atoms with Gasteiger partial charge in [-0.25, -0.2) is 4.79 Å². The highest BCUT2D eigenvalue weighted by Gasteiger charge is 2.52. The summed E-state index contributed by atoms with van der Waals surface area (Å²) >= 11 is 0. The van der Waals surface area contributed by atoms with E-state index in [9.17, 15) is 15.1 Å². The minimum atomic E-state index is -0.960. The zero-order valence-corrected chi connectivity index (χ0v) is 23.1. The number of carboxylic acid groups (broad SMARTS) is 1. The zero-order valence-electron chi connectivity index (χ0n) is 23.1. The van der Waals surface area contributed by atoms with Crippen LogP contribution in [-0.4, -0.2) is 22.7 Å². The highest BCUT2D eigenvalue weighted by molar-refractivity contribution is 5.87. The highest BCUT2D eigenvalue weighted by Crippen LogP contribution is 2.51. The standard InChI is InChI=1S/C32H46NO4/c1-4-5-6-7-8-9-10-11-12-13-14-25-37-29-21-19-28(20-22-29)32(3)24-23-31(2,33(32)36)27-17-15-26(16-18-27)30(34)35/h15-22H,4-14,23-25H2,1-3H3,(H,34,35)/t31-,32-/m1/s1. The van der Waals surface area contributed by atoms with Crippen LogP contribution in [-0.2, 0) is 16.3 Å². The molecule has 2 aromatic rings. The van der Waals surface area contributed by atoms with Crippen molar-refractivity contribution in [3.8, 4) is 5.75 Å². The van der Waals surface area contributed by atoms with E-state index in [-0.39, 0.29) is 5.56 Å². The van der Waals surface area contributed by atoms with Gasteiger partial charge in [0.25, 0.3) is 0 Å². The molecule has 203 valence electrons. The lowest BCUT2D eigenvalue weighted by molar-refractivity contribution is -0.260. The van der Waals surface area contributed by atoms with Gasteiger partial charge < -0.3 is 9.84 Å². The summed E-state index contributed by atoms with van der Waals surface area (Å²) in [5, 5.41) is 24.0. The normalized spacial score (nSPS) is 21.8. The molecule has 0 spiro atoms. The second kappa shape index (κ2) is 14.0. The number of hydroxylamine groups is 2. The number of hydrogen-bond acceptors (Lipinski definition) is 3. The van der Waals surface area contributed by atoms with E-state index in [0.29, 0.717) is 6.42 Å². The van der Waals surface area contributed by atoms with E-state index in [4.69, 9.17) is 4.74 Å². The van der Waals surface area contributed by atoms with Gasteiger partial charge in [0, 0.05) is 0 Å². The first-order chi connectivity index (χ1) is 17.8. The van der Waals surface area contributed by atoms with Crippen molar-refractivity contribution in [3.63, 3.8) is 0 Å². The topological polar surface area (TPSA) is 69.7 Å². The number of aromatic carboxylic acids is 1. The molecule has 3 rings (SSSR count). The van der Waals surface area contributed by atoms with E-state index >= 15 is 0 Å². The Morgan fingerprint density at radius 2 is 1.19 bits per heavy atom. The smallest absolute Gasteiger partial charge is 0.335 e. The van der Waals surface area contributed by atoms with Crippen molar-refractivity contribution >= 4 is 5.97 Å². The number of nitrogens with zero attached hydrogens (tertiary/aromatic N) is 1. The summed E-state index contributed by atoms with van der Waals surface area (Å²) in [6.45, 7) is 6.94. The summed E-state index contributed by atoms with van der Waals surface area (Å²) in [5.74, 6) is -0.111. The Labute approximate surface area is 223 Å². The minimum Gasteiger partial charge on any atom is -0.494 e. The number of ether oxygens (including phenoxy) is 1. The van der Waals surface area contributed by atoms with Crippen molar-refractivity contribution in [1.82, 2.24) is 5.06 Å². The lowest BCUT2D eigenvalue weighted by atomic mass is 9.89. The van der Waals surface area contributed by atoms with Gasteiger partial charge in [-0.3, -0.25) is 0 Å². The predicted molar refractivity (Wildman–Crippen MR) is 148 cm³/mol. The van der Waals surface area contributed by atoms with Crippen molar-refractivity contribution in [2.24, 2.45) is 0 Å². The second-order valence-electron chi connectivity index (χ2n) is 11.1. The van der Waals surface area contributed by atoms with Crippen LogP contribution >= 0.6 is 0 Å². The fourth-order valence-corrected chi connectivity index (χ4v) is 5.60. The molecule has 0 unspecified atom stereocenters. The van der Waals surface area contributed by atoms with Crippen molar-refractivity contribution < 1.29 is 19.8 Å². The van der Waals surface area contributed by atoms with Gasteiger partial charge in [0.15, 0.2) is 0 Å².